The minimum absolute atomic E-state index is 0.110. The molecule has 0 spiro atoms. The third kappa shape index (κ3) is 4.84. The number of pyridine rings is 1. The Morgan fingerprint density at radius 2 is 1.80 bits per heavy atom. The molecule has 3 nitrogen and oxygen atoms in total. The fourth-order valence-electron chi connectivity index (χ4n) is 2.07. The van der Waals surface area contributed by atoms with Crippen molar-refractivity contribution in [2.24, 2.45) is 0 Å². The summed E-state index contributed by atoms with van der Waals surface area (Å²) in [5.74, 6) is -0.143. The lowest BCUT2D eigenvalue weighted by molar-refractivity contribution is -0.148. The van der Waals surface area contributed by atoms with Gasteiger partial charge in [0.05, 0.1) is 0 Å². The van der Waals surface area contributed by atoms with E-state index in [0.717, 1.165) is 24.0 Å². The summed E-state index contributed by atoms with van der Waals surface area (Å²) in [4.78, 5) is 15.8. The number of benzene rings is 1. The summed E-state index contributed by atoms with van der Waals surface area (Å²) in [6.45, 7) is 1.92. The molecule has 20 heavy (non-hydrogen) atoms. The van der Waals surface area contributed by atoms with Crippen LogP contribution in [-0.4, -0.2) is 17.1 Å². The van der Waals surface area contributed by atoms with Gasteiger partial charge in [0.15, 0.2) is 0 Å². The van der Waals surface area contributed by atoms with E-state index in [2.05, 4.69) is 4.98 Å². The average Bonchev–Trinajstić information content (AvgIpc) is 2.47. The Hall–Kier alpha value is -2.16. The highest BCUT2D eigenvalue weighted by Crippen LogP contribution is 2.08. The van der Waals surface area contributed by atoms with Gasteiger partial charge in [-0.2, -0.15) is 0 Å². The van der Waals surface area contributed by atoms with Gasteiger partial charge in [0, 0.05) is 25.2 Å². The molecule has 1 aromatic heterocycles. The first-order valence-corrected chi connectivity index (χ1v) is 6.86. The minimum atomic E-state index is -0.143. The highest BCUT2D eigenvalue weighted by molar-refractivity contribution is 5.69. The quantitative estimate of drug-likeness (QED) is 0.756. The summed E-state index contributed by atoms with van der Waals surface area (Å²) in [5, 5.41) is 0. The second-order valence-electron chi connectivity index (χ2n) is 4.85. The van der Waals surface area contributed by atoms with Crippen molar-refractivity contribution in [2.45, 2.75) is 32.3 Å². The molecule has 104 valence electrons. The predicted molar refractivity (Wildman–Crippen MR) is 78.3 cm³/mol. The Labute approximate surface area is 119 Å². The second kappa shape index (κ2) is 7.43. The molecule has 0 aliphatic rings. The molecule has 0 amide bonds. The number of hydrogen-bond donors (Lipinski definition) is 0. The fraction of sp³-hybridized carbons (Fsp3) is 0.294. The van der Waals surface area contributed by atoms with E-state index in [-0.39, 0.29) is 12.1 Å². The number of aryl methyl sites for hydroxylation is 1. The molecule has 1 atom stereocenters. The van der Waals surface area contributed by atoms with Gasteiger partial charge >= 0.3 is 5.97 Å². The van der Waals surface area contributed by atoms with Crippen LogP contribution < -0.4 is 0 Å². The van der Waals surface area contributed by atoms with Crippen molar-refractivity contribution < 1.29 is 9.53 Å². The molecule has 0 N–H and O–H groups in total. The van der Waals surface area contributed by atoms with Crippen LogP contribution in [0.5, 0.6) is 0 Å². The molecule has 2 aromatic rings. The van der Waals surface area contributed by atoms with Crippen molar-refractivity contribution in [1.82, 2.24) is 4.98 Å². The summed E-state index contributed by atoms with van der Waals surface area (Å²) in [6.07, 6.45) is 5.26. The van der Waals surface area contributed by atoms with E-state index < -0.39 is 0 Å². The fourth-order valence-corrected chi connectivity index (χ4v) is 2.07. The Balaban J connectivity index is 1.74. The number of nitrogens with zero attached hydrogens (tertiary/aromatic N) is 1. The minimum Gasteiger partial charge on any atom is -0.462 e. The monoisotopic (exact) mass is 269 g/mol. The zero-order chi connectivity index (χ0) is 14.2. The summed E-state index contributed by atoms with van der Waals surface area (Å²) in [5.41, 5.74) is 2.29. The standard InChI is InChI=1S/C17H19NO2/c1-14(13-16-9-11-18-12-10-16)20-17(19)8-7-15-5-3-2-4-6-15/h2-6,9-12,14H,7-8,13H2,1H3. The van der Waals surface area contributed by atoms with E-state index in [1.165, 1.54) is 0 Å². The third-order valence-electron chi connectivity index (χ3n) is 3.07. The van der Waals surface area contributed by atoms with E-state index >= 15 is 0 Å². The topological polar surface area (TPSA) is 39.2 Å². The number of rotatable bonds is 6. The Bertz CT molecular complexity index is 525. The van der Waals surface area contributed by atoms with E-state index in [9.17, 15) is 4.79 Å². The van der Waals surface area contributed by atoms with Gasteiger partial charge < -0.3 is 4.74 Å². The van der Waals surface area contributed by atoms with Crippen LogP contribution >= 0.6 is 0 Å². The van der Waals surface area contributed by atoms with Crippen LogP contribution in [0.2, 0.25) is 0 Å². The van der Waals surface area contributed by atoms with Gasteiger partial charge in [-0.3, -0.25) is 9.78 Å². The van der Waals surface area contributed by atoms with Gasteiger partial charge in [0.2, 0.25) is 0 Å². The van der Waals surface area contributed by atoms with Crippen LogP contribution in [-0.2, 0) is 22.4 Å². The van der Waals surface area contributed by atoms with Gasteiger partial charge in [0.25, 0.3) is 0 Å². The van der Waals surface area contributed by atoms with E-state index in [1.807, 2.05) is 49.4 Å². The number of carbonyl (C=O) groups excluding carboxylic acids is 1. The van der Waals surface area contributed by atoms with Gasteiger partial charge in [-0.1, -0.05) is 30.3 Å². The lowest BCUT2D eigenvalue weighted by atomic mass is 10.1. The number of esters is 1. The first-order chi connectivity index (χ1) is 9.74. The van der Waals surface area contributed by atoms with Gasteiger partial charge in [-0.15, -0.1) is 0 Å². The third-order valence-corrected chi connectivity index (χ3v) is 3.07. The van der Waals surface area contributed by atoms with Crippen LogP contribution in [0.1, 0.15) is 24.5 Å². The Morgan fingerprint density at radius 3 is 2.50 bits per heavy atom. The van der Waals surface area contributed by atoms with Gasteiger partial charge in [-0.05, 0) is 36.6 Å². The van der Waals surface area contributed by atoms with Crippen LogP contribution in [0.3, 0.4) is 0 Å². The number of ether oxygens (including phenoxy) is 1. The molecule has 0 saturated carbocycles. The summed E-state index contributed by atoms with van der Waals surface area (Å²) >= 11 is 0. The molecule has 1 aromatic carbocycles. The molecule has 1 heterocycles. The normalized spacial score (nSPS) is 11.8. The summed E-state index contributed by atoms with van der Waals surface area (Å²) in [7, 11) is 0. The molecule has 0 radical (unpaired) electrons. The zero-order valence-corrected chi connectivity index (χ0v) is 11.7. The van der Waals surface area contributed by atoms with Crippen LogP contribution in [0.15, 0.2) is 54.9 Å². The molecular formula is C17H19NO2. The van der Waals surface area contributed by atoms with Crippen LogP contribution in [0, 0.1) is 0 Å². The van der Waals surface area contributed by atoms with Crippen LogP contribution in [0.4, 0.5) is 0 Å². The largest absolute Gasteiger partial charge is 0.462 e. The molecule has 0 saturated heterocycles. The van der Waals surface area contributed by atoms with E-state index in [1.54, 1.807) is 12.4 Å². The molecular weight excluding hydrogens is 250 g/mol. The molecule has 0 bridgehead atoms. The smallest absolute Gasteiger partial charge is 0.306 e. The number of hydrogen-bond acceptors (Lipinski definition) is 3. The Kier molecular flexibility index (Phi) is 5.30. The van der Waals surface area contributed by atoms with Gasteiger partial charge in [0.1, 0.15) is 6.10 Å². The molecule has 2 rings (SSSR count). The highest BCUT2D eigenvalue weighted by atomic mass is 16.5. The maximum atomic E-state index is 11.8. The van der Waals surface area contributed by atoms with Crippen LogP contribution in [0.25, 0.3) is 0 Å². The van der Waals surface area contributed by atoms with Crippen molar-refractivity contribution >= 4 is 5.97 Å². The van der Waals surface area contributed by atoms with Crippen molar-refractivity contribution in [1.29, 1.82) is 0 Å². The summed E-state index contributed by atoms with van der Waals surface area (Å²) in [6, 6.07) is 13.8. The SMILES string of the molecule is CC(Cc1ccncc1)OC(=O)CCc1ccccc1. The maximum absolute atomic E-state index is 11.8. The van der Waals surface area contributed by atoms with Crippen molar-refractivity contribution in [3.05, 3.63) is 66.0 Å². The van der Waals surface area contributed by atoms with Crippen molar-refractivity contribution in [2.75, 3.05) is 0 Å². The Morgan fingerprint density at radius 1 is 1.10 bits per heavy atom. The van der Waals surface area contributed by atoms with Crippen molar-refractivity contribution in [3.63, 3.8) is 0 Å². The number of aromatic nitrogens is 1. The van der Waals surface area contributed by atoms with E-state index in [0.29, 0.717) is 6.42 Å². The highest BCUT2D eigenvalue weighted by Gasteiger charge is 2.10. The maximum Gasteiger partial charge on any atom is 0.306 e. The molecule has 3 heteroatoms. The molecule has 0 aliphatic heterocycles. The number of carbonyl (C=O) groups is 1. The molecule has 1 unspecified atom stereocenters. The lowest BCUT2D eigenvalue weighted by Crippen LogP contribution is -2.17. The van der Waals surface area contributed by atoms with Crippen molar-refractivity contribution in [3.8, 4) is 0 Å². The predicted octanol–water partition coefficient (Wildman–Crippen LogP) is 3.19. The first-order valence-electron chi connectivity index (χ1n) is 6.86. The first kappa shape index (κ1) is 14.3. The van der Waals surface area contributed by atoms with Gasteiger partial charge in [-0.25, -0.2) is 0 Å². The molecule has 0 aliphatic carbocycles. The second-order valence-corrected chi connectivity index (χ2v) is 4.85. The summed E-state index contributed by atoms with van der Waals surface area (Å²) < 4.78 is 5.42. The zero-order valence-electron chi connectivity index (χ0n) is 11.7. The molecule has 0 fully saturated rings. The average molecular weight is 269 g/mol. The lowest BCUT2D eigenvalue weighted by Gasteiger charge is -2.13. The van der Waals surface area contributed by atoms with E-state index in [4.69, 9.17) is 4.74 Å².